The Labute approximate surface area is 274 Å². The van der Waals surface area contributed by atoms with E-state index in [9.17, 15) is 0 Å². The molecule has 0 amide bonds. The first-order valence-corrected chi connectivity index (χ1v) is 16.7. The van der Waals surface area contributed by atoms with Crippen LogP contribution in [-0.4, -0.2) is 0 Å². The van der Waals surface area contributed by atoms with E-state index in [0.717, 1.165) is 23.2 Å². The maximum absolute atomic E-state index is 6.72. The number of benzene rings is 8. The second-order valence-electron chi connectivity index (χ2n) is 12.7. The van der Waals surface area contributed by atoms with Crippen molar-refractivity contribution in [1.82, 2.24) is 0 Å². The zero-order valence-corrected chi connectivity index (χ0v) is 26.5. The Morgan fingerprint density at radius 3 is 1.81 bits per heavy atom. The first-order valence-electron chi connectivity index (χ1n) is 16.7. The lowest BCUT2D eigenvalue weighted by Crippen LogP contribution is -1.92. The van der Waals surface area contributed by atoms with E-state index in [1.807, 2.05) is 0 Å². The summed E-state index contributed by atoms with van der Waals surface area (Å²) in [6.45, 7) is 2.25. The van der Waals surface area contributed by atoms with E-state index < -0.39 is 0 Å². The highest BCUT2D eigenvalue weighted by atomic mass is 16.3. The predicted molar refractivity (Wildman–Crippen MR) is 201 cm³/mol. The summed E-state index contributed by atoms with van der Waals surface area (Å²) in [5, 5.41) is 9.83. The highest BCUT2D eigenvalue weighted by Gasteiger charge is 2.21. The van der Waals surface area contributed by atoms with Crippen LogP contribution in [0.5, 0.6) is 0 Å². The van der Waals surface area contributed by atoms with Gasteiger partial charge in [0.2, 0.25) is 0 Å². The molecule has 0 aliphatic heterocycles. The summed E-state index contributed by atoms with van der Waals surface area (Å²) in [5.41, 5.74) is 10.6. The minimum atomic E-state index is 0.947. The molecule has 47 heavy (non-hydrogen) atoms. The van der Waals surface area contributed by atoms with Crippen LogP contribution in [0.1, 0.15) is 25.3 Å². The molecule has 0 fully saturated rings. The molecule has 0 N–H and O–H groups in total. The monoisotopic (exact) mass is 602 g/mol. The SMILES string of the molecule is CCCCc1ccc2oc3c(-c4c5ccccc5c(-c5cccc6ccc(-c7ccccc7)cc56)c5ccccc45)cccc3c2c1. The van der Waals surface area contributed by atoms with Crippen molar-refractivity contribution >= 4 is 54.3 Å². The van der Waals surface area contributed by atoms with E-state index in [1.54, 1.807) is 0 Å². The Balaban J connectivity index is 1.34. The standard InChI is InChI=1S/C46H34O/c1-2-3-13-30-24-27-43-42(28-30)39-22-12-23-40(46(39)47-43)45-36-19-9-7-17-34(36)44(35-18-8-10-20-37(35)45)38-21-11-16-32-25-26-33(29-41(32)38)31-14-5-4-6-15-31/h4-12,14-29H,2-3,13H2,1H3. The van der Waals surface area contributed by atoms with Gasteiger partial charge >= 0.3 is 0 Å². The summed E-state index contributed by atoms with van der Waals surface area (Å²) in [4.78, 5) is 0. The minimum Gasteiger partial charge on any atom is -0.455 e. The molecular formula is C46H34O. The van der Waals surface area contributed by atoms with Crippen molar-refractivity contribution in [1.29, 1.82) is 0 Å². The van der Waals surface area contributed by atoms with Gasteiger partial charge in [0.05, 0.1) is 0 Å². The minimum absolute atomic E-state index is 0.947. The molecule has 9 rings (SSSR count). The third kappa shape index (κ3) is 4.54. The van der Waals surface area contributed by atoms with E-state index in [1.165, 1.54) is 89.3 Å². The molecule has 0 bridgehead atoms. The van der Waals surface area contributed by atoms with Crippen molar-refractivity contribution in [3.63, 3.8) is 0 Å². The van der Waals surface area contributed by atoms with Gasteiger partial charge in [0.1, 0.15) is 11.2 Å². The number of hydrogen-bond donors (Lipinski definition) is 0. The Morgan fingerprint density at radius 1 is 0.447 bits per heavy atom. The summed E-state index contributed by atoms with van der Waals surface area (Å²) >= 11 is 0. The second kappa shape index (κ2) is 11.3. The lowest BCUT2D eigenvalue weighted by Gasteiger charge is -2.19. The Morgan fingerprint density at radius 2 is 1.09 bits per heavy atom. The third-order valence-electron chi connectivity index (χ3n) is 9.84. The molecule has 0 saturated heterocycles. The van der Waals surface area contributed by atoms with Gasteiger partial charge in [-0.15, -0.1) is 0 Å². The van der Waals surface area contributed by atoms with Gasteiger partial charge in [0.15, 0.2) is 0 Å². The summed E-state index contributed by atoms with van der Waals surface area (Å²) in [6, 6.07) is 55.4. The lowest BCUT2D eigenvalue weighted by molar-refractivity contribution is 0.669. The number of aryl methyl sites for hydroxylation is 1. The van der Waals surface area contributed by atoms with Crippen LogP contribution < -0.4 is 0 Å². The van der Waals surface area contributed by atoms with Crippen LogP contribution in [0.2, 0.25) is 0 Å². The average Bonchev–Trinajstić information content (AvgIpc) is 3.51. The molecule has 0 saturated carbocycles. The first kappa shape index (κ1) is 27.6. The fraction of sp³-hybridized carbons (Fsp3) is 0.0870. The van der Waals surface area contributed by atoms with Gasteiger partial charge in [0, 0.05) is 21.9 Å². The number of rotatable bonds is 6. The van der Waals surface area contributed by atoms with Crippen LogP contribution in [-0.2, 0) is 6.42 Å². The van der Waals surface area contributed by atoms with Crippen molar-refractivity contribution in [2.75, 3.05) is 0 Å². The Hall–Kier alpha value is -5.66. The molecule has 0 aliphatic carbocycles. The summed E-state index contributed by atoms with van der Waals surface area (Å²) < 4.78 is 6.72. The summed E-state index contributed by atoms with van der Waals surface area (Å²) in [6.07, 6.45) is 3.48. The molecule has 0 spiro atoms. The maximum Gasteiger partial charge on any atom is 0.143 e. The van der Waals surface area contributed by atoms with Gasteiger partial charge in [-0.1, -0.05) is 147 Å². The number of furan rings is 1. The molecule has 1 heteroatoms. The van der Waals surface area contributed by atoms with Crippen molar-refractivity contribution in [2.45, 2.75) is 26.2 Å². The van der Waals surface area contributed by atoms with Gasteiger partial charge in [-0.25, -0.2) is 0 Å². The second-order valence-corrected chi connectivity index (χ2v) is 12.7. The van der Waals surface area contributed by atoms with Crippen molar-refractivity contribution in [3.05, 3.63) is 157 Å². The van der Waals surface area contributed by atoms with E-state index in [4.69, 9.17) is 4.42 Å². The van der Waals surface area contributed by atoms with Crippen LogP contribution >= 0.6 is 0 Å². The van der Waals surface area contributed by atoms with Crippen LogP contribution in [0.3, 0.4) is 0 Å². The molecule has 1 heterocycles. The molecule has 1 nitrogen and oxygen atoms in total. The largest absolute Gasteiger partial charge is 0.455 e. The van der Waals surface area contributed by atoms with Crippen LogP contribution in [0.15, 0.2) is 156 Å². The number of para-hydroxylation sites is 1. The van der Waals surface area contributed by atoms with Crippen LogP contribution in [0.4, 0.5) is 0 Å². The quantitative estimate of drug-likeness (QED) is 0.173. The molecule has 0 radical (unpaired) electrons. The normalized spacial score (nSPS) is 11.8. The smallest absolute Gasteiger partial charge is 0.143 e. The molecule has 9 aromatic rings. The molecule has 8 aromatic carbocycles. The van der Waals surface area contributed by atoms with Gasteiger partial charge in [-0.3, -0.25) is 0 Å². The molecule has 1 aromatic heterocycles. The third-order valence-corrected chi connectivity index (χ3v) is 9.84. The predicted octanol–water partition coefficient (Wildman–Crippen LogP) is 13.4. The number of hydrogen-bond acceptors (Lipinski definition) is 1. The maximum atomic E-state index is 6.72. The van der Waals surface area contributed by atoms with Gasteiger partial charge in [0.25, 0.3) is 0 Å². The highest BCUT2D eigenvalue weighted by molar-refractivity contribution is 6.25. The molecule has 0 unspecified atom stereocenters. The zero-order valence-electron chi connectivity index (χ0n) is 26.5. The molecule has 0 atom stereocenters. The van der Waals surface area contributed by atoms with Crippen molar-refractivity contribution in [2.24, 2.45) is 0 Å². The molecular weight excluding hydrogens is 569 g/mol. The molecule has 224 valence electrons. The van der Waals surface area contributed by atoms with Crippen molar-refractivity contribution < 1.29 is 4.42 Å². The average molecular weight is 603 g/mol. The van der Waals surface area contributed by atoms with E-state index >= 15 is 0 Å². The van der Waals surface area contributed by atoms with E-state index in [-0.39, 0.29) is 0 Å². The molecule has 0 aliphatic rings. The van der Waals surface area contributed by atoms with E-state index in [0.29, 0.717) is 0 Å². The highest BCUT2D eigenvalue weighted by Crippen LogP contribution is 2.47. The Kier molecular flexibility index (Phi) is 6.64. The fourth-order valence-electron chi connectivity index (χ4n) is 7.59. The van der Waals surface area contributed by atoms with Gasteiger partial charge in [-0.05, 0) is 91.2 Å². The number of unbranched alkanes of at least 4 members (excludes halogenated alkanes) is 1. The Bertz CT molecular complexity index is 2550. The van der Waals surface area contributed by atoms with Crippen LogP contribution in [0, 0.1) is 0 Å². The van der Waals surface area contributed by atoms with Gasteiger partial charge < -0.3 is 4.42 Å². The number of fused-ring (bicyclic) bond motifs is 6. The summed E-state index contributed by atoms with van der Waals surface area (Å²) in [5.74, 6) is 0. The topological polar surface area (TPSA) is 13.1 Å². The zero-order chi connectivity index (χ0) is 31.3. The fourth-order valence-corrected chi connectivity index (χ4v) is 7.59. The van der Waals surface area contributed by atoms with Crippen molar-refractivity contribution in [3.8, 4) is 33.4 Å². The van der Waals surface area contributed by atoms with Gasteiger partial charge in [-0.2, -0.15) is 0 Å². The van der Waals surface area contributed by atoms with Crippen LogP contribution in [0.25, 0.3) is 87.6 Å². The first-order chi connectivity index (χ1) is 23.3. The van der Waals surface area contributed by atoms with E-state index in [2.05, 4.69) is 159 Å². The lowest BCUT2D eigenvalue weighted by atomic mass is 9.84. The summed E-state index contributed by atoms with van der Waals surface area (Å²) in [7, 11) is 0.